The molecule has 10 nitrogen and oxygen atoms in total. The van der Waals surface area contributed by atoms with E-state index in [9.17, 15) is 19.7 Å². The summed E-state index contributed by atoms with van der Waals surface area (Å²) in [5.74, 6) is 0.879. The van der Waals surface area contributed by atoms with Crippen LogP contribution in [0.2, 0.25) is 0 Å². The van der Waals surface area contributed by atoms with Gasteiger partial charge in [0.05, 0.1) is 18.5 Å². The normalized spacial score (nSPS) is 13.1. The van der Waals surface area contributed by atoms with Crippen molar-refractivity contribution in [3.63, 3.8) is 0 Å². The highest BCUT2D eigenvalue weighted by molar-refractivity contribution is 5.99. The molecule has 3 aromatic carbocycles. The number of hydrogen-bond acceptors (Lipinski definition) is 6. The number of urea groups is 1. The Kier molecular flexibility index (Phi) is 7.64. The Morgan fingerprint density at radius 3 is 1.94 bits per heavy atom. The zero-order chi connectivity index (χ0) is 25.5. The van der Waals surface area contributed by atoms with Crippen LogP contribution < -0.4 is 20.3 Å². The zero-order valence-corrected chi connectivity index (χ0v) is 19.8. The van der Waals surface area contributed by atoms with Crippen LogP contribution >= 0.6 is 0 Å². The highest BCUT2D eigenvalue weighted by Gasteiger charge is 2.21. The van der Waals surface area contributed by atoms with Gasteiger partial charge in [-0.25, -0.2) is 4.79 Å². The van der Waals surface area contributed by atoms with Crippen LogP contribution in [0.4, 0.5) is 27.5 Å². The van der Waals surface area contributed by atoms with Crippen LogP contribution in [-0.4, -0.2) is 55.1 Å². The monoisotopic (exact) mass is 489 g/mol. The lowest BCUT2D eigenvalue weighted by Crippen LogP contribution is -2.49. The fraction of sp³-hybridized carbons (Fsp3) is 0.231. The number of piperazine rings is 1. The highest BCUT2D eigenvalue weighted by Crippen LogP contribution is 2.21. The molecule has 0 radical (unpaired) electrons. The number of nitrogens with one attached hydrogen (secondary N) is 2. The van der Waals surface area contributed by atoms with E-state index >= 15 is 0 Å². The second-order valence-electron chi connectivity index (χ2n) is 8.32. The van der Waals surface area contributed by atoms with Gasteiger partial charge in [-0.2, -0.15) is 0 Å². The predicted molar refractivity (Wildman–Crippen MR) is 138 cm³/mol. The molecule has 1 fully saturated rings. The van der Waals surface area contributed by atoms with Gasteiger partial charge >= 0.3 is 6.03 Å². The third-order valence-corrected chi connectivity index (χ3v) is 5.97. The lowest BCUT2D eigenvalue weighted by molar-refractivity contribution is -0.384. The number of hydrogen-bond donors (Lipinski definition) is 2. The molecule has 1 heterocycles. The van der Waals surface area contributed by atoms with Gasteiger partial charge in [0.1, 0.15) is 5.75 Å². The quantitative estimate of drug-likeness (QED) is 0.381. The maximum Gasteiger partial charge on any atom is 0.323 e. The summed E-state index contributed by atoms with van der Waals surface area (Å²) in [5.41, 5.74) is 3.00. The number of methoxy groups -OCH3 is 1. The molecule has 0 saturated carbocycles. The third-order valence-electron chi connectivity index (χ3n) is 5.97. The molecule has 0 bridgehead atoms. The maximum absolute atomic E-state index is 12.7. The first-order chi connectivity index (χ1) is 17.4. The Morgan fingerprint density at radius 2 is 1.42 bits per heavy atom. The van der Waals surface area contributed by atoms with Crippen molar-refractivity contribution < 1.29 is 19.2 Å². The van der Waals surface area contributed by atoms with Gasteiger partial charge in [0.25, 0.3) is 5.69 Å². The van der Waals surface area contributed by atoms with Crippen molar-refractivity contribution in [2.45, 2.75) is 6.42 Å². The number of rotatable bonds is 7. The van der Waals surface area contributed by atoms with Crippen molar-refractivity contribution in [1.82, 2.24) is 4.90 Å². The molecule has 0 spiro atoms. The minimum atomic E-state index is -0.494. The van der Waals surface area contributed by atoms with Crippen LogP contribution in [0.3, 0.4) is 0 Å². The first-order valence-electron chi connectivity index (χ1n) is 11.5. The van der Waals surface area contributed by atoms with Gasteiger partial charge in [-0.1, -0.05) is 12.1 Å². The lowest BCUT2D eigenvalue weighted by Gasteiger charge is -2.36. The van der Waals surface area contributed by atoms with Crippen LogP contribution in [0.1, 0.15) is 5.56 Å². The van der Waals surface area contributed by atoms with Gasteiger partial charge in [0.2, 0.25) is 5.91 Å². The van der Waals surface area contributed by atoms with E-state index in [1.165, 1.54) is 24.3 Å². The largest absolute Gasteiger partial charge is 0.497 e. The number of nitro groups is 1. The fourth-order valence-electron chi connectivity index (χ4n) is 3.96. The van der Waals surface area contributed by atoms with Crippen molar-refractivity contribution in [1.29, 1.82) is 0 Å². The average Bonchev–Trinajstić information content (AvgIpc) is 2.90. The van der Waals surface area contributed by atoms with E-state index in [4.69, 9.17) is 4.74 Å². The van der Waals surface area contributed by atoms with E-state index in [0.29, 0.717) is 30.9 Å². The first kappa shape index (κ1) is 24.5. The van der Waals surface area contributed by atoms with Crippen LogP contribution in [0, 0.1) is 10.1 Å². The van der Waals surface area contributed by atoms with Crippen molar-refractivity contribution in [2.24, 2.45) is 0 Å². The number of anilines is 3. The van der Waals surface area contributed by atoms with Crippen LogP contribution in [0.15, 0.2) is 72.8 Å². The molecule has 0 aromatic heterocycles. The van der Waals surface area contributed by atoms with Crippen molar-refractivity contribution >= 4 is 34.7 Å². The average molecular weight is 490 g/mol. The van der Waals surface area contributed by atoms with Gasteiger partial charge < -0.3 is 25.2 Å². The number of non-ortho nitro benzene ring substituents is 1. The number of ether oxygens (including phenoxy) is 1. The molecule has 0 atom stereocenters. The minimum absolute atomic E-state index is 0.0426. The van der Waals surface area contributed by atoms with E-state index in [1.807, 2.05) is 53.4 Å². The summed E-state index contributed by atoms with van der Waals surface area (Å²) in [6, 6.07) is 20.2. The highest BCUT2D eigenvalue weighted by atomic mass is 16.6. The standard InChI is InChI=1S/C26H27N5O5/c1-36-24-12-2-19(3-13-24)18-25(32)30-16-14-29(15-17-30)22-8-4-20(5-9-22)27-26(33)28-21-6-10-23(11-7-21)31(34)35/h2-13H,14-18H2,1H3,(H2,27,28,33). The van der Waals surface area contributed by atoms with Crippen molar-refractivity contribution in [3.05, 3.63) is 88.5 Å². The minimum Gasteiger partial charge on any atom is -0.497 e. The number of benzene rings is 3. The molecule has 186 valence electrons. The number of nitrogens with zero attached hydrogens (tertiary/aromatic N) is 3. The van der Waals surface area contributed by atoms with Gasteiger partial charge in [0, 0.05) is 55.4 Å². The Morgan fingerprint density at radius 1 is 0.861 bits per heavy atom. The number of nitro benzene ring substituents is 1. The van der Waals surface area contributed by atoms with Crippen LogP contribution in [-0.2, 0) is 11.2 Å². The molecule has 0 unspecified atom stereocenters. The fourth-order valence-corrected chi connectivity index (χ4v) is 3.96. The first-order valence-corrected chi connectivity index (χ1v) is 11.5. The van der Waals surface area contributed by atoms with E-state index in [2.05, 4.69) is 15.5 Å². The van der Waals surface area contributed by atoms with Crippen LogP contribution in [0.25, 0.3) is 0 Å². The lowest BCUT2D eigenvalue weighted by atomic mass is 10.1. The maximum atomic E-state index is 12.7. The molecule has 4 rings (SSSR count). The summed E-state index contributed by atoms with van der Waals surface area (Å²) in [7, 11) is 1.62. The number of carbonyl (C=O) groups excluding carboxylic acids is 2. The molecule has 1 aliphatic heterocycles. The molecule has 3 aromatic rings. The molecule has 0 aliphatic carbocycles. The van der Waals surface area contributed by atoms with Crippen molar-refractivity contribution in [3.8, 4) is 5.75 Å². The van der Waals surface area contributed by atoms with E-state index in [-0.39, 0.29) is 11.6 Å². The summed E-state index contributed by atoms with van der Waals surface area (Å²) in [5, 5.41) is 16.1. The van der Waals surface area contributed by atoms with Crippen LogP contribution in [0.5, 0.6) is 5.75 Å². The summed E-state index contributed by atoms with van der Waals surface area (Å²) >= 11 is 0. The molecule has 1 aliphatic rings. The molecule has 3 amide bonds. The van der Waals surface area contributed by atoms with E-state index in [0.717, 1.165) is 30.1 Å². The Labute approximate surface area is 208 Å². The molecular weight excluding hydrogens is 462 g/mol. The molecule has 10 heteroatoms. The topological polar surface area (TPSA) is 117 Å². The zero-order valence-electron chi connectivity index (χ0n) is 19.8. The van der Waals surface area contributed by atoms with Gasteiger partial charge in [-0.3, -0.25) is 14.9 Å². The summed E-state index contributed by atoms with van der Waals surface area (Å²) in [4.78, 5) is 39.3. The Bertz CT molecular complexity index is 1200. The summed E-state index contributed by atoms with van der Waals surface area (Å²) in [6.07, 6.45) is 0.367. The third kappa shape index (κ3) is 6.29. The van der Waals surface area contributed by atoms with E-state index < -0.39 is 11.0 Å². The molecule has 2 N–H and O–H groups in total. The summed E-state index contributed by atoms with van der Waals surface area (Å²) < 4.78 is 5.16. The van der Waals surface area contributed by atoms with Crippen molar-refractivity contribution in [2.75, 3.05) is 48.8 Å². The van der Waals surface area contributed by atoms with Gasteiger partial charge in [-0.05, 0) is 54.1 Å². The Balaban J connectivity index is 1.24. The predicted octanol–water partition coefficient (Wildman–Crippen LogP) is 4.14. The Hall–Kier alpha value is -4.60. The number of amides is 3. The molecular formula is C26H27N5O5. The van der Waals surface area contributed by atoms with Gasteiger partial charge in [0.15, 0.2) is 0 Å². The van der Waals surface area contributed by atoms with Gasteiger partial charge in [-0.15, -0.1) is 0 Å². The molecule has 1 saturated heterocycles. The second-order valence-corrected chi connectivity index (χ2v) is 8.32. The molecule has 36 heavy (non-hydrogen) atoms. The second kappa shape index (κ2) is 11.2. The SMILES string of the molecule is COc1ccc(CC(=O)N2CCN(c3ccc(NC(=O)Nc4ccc([N+](=O)[O-])cc4)cc3)CC2)cc1. The smallest absolute Gasteiger partial charge is 0.323 e. The van der Waals surface area contributed by atoms with E-state index in [1.54, 1.807) is 7.11 Å². The number of carbonyl (C=O) groups is 2. The summed E-state index contributed by atoms with van der Waals surface area (Å²) in [6.45, 7) is 2.74.